The van der Waals surface area contributed by atoms with Gasteiger partial charge in [-0.05, 0) is 35.4 Å². The Kier molecular flexibility index (Phi) is 5.44. The second-order valence-corrected chi connectivity index (χ2v) is 8.34. The Labute approximate surface area is 195 Å². The molecule has 1 aromatic heterocycles. The molecule has 1 fully saturated rings. The highest BCUT2D eigenvalue weighted by atomic mass is 35.5. The quantitative estimate of drug-likeness (QED) is 0.404. The largest absolute Gasteiger partial charge is 0.444 e. The lowest BCUT2D eigenvalue weighted by molar-refractivity contribution is -0.132. The second-order valence-electron chi connectivity index (χ2n) is 7.91. The number of hydrogen-bond acceptors (Lipinski definition) is 4. The molecule has 4 aromatic rings. The number of carbonyl (C=O) groups excluding carboxylic acids is 2. The Morgan fingerprint density at radius 2 is 1.58 bits per heavy atom. The molecule has 1 saturated heterocycles. The topological polar surface area (TPSA) is 75.4 Å². The highest BCUT2D eigenvalue weighted by Gasteiger charge is 2.52. The number of urea groups is 1. The van der Waals surface area contributed by atoms with Crippen LogP contribution in [0.5, 0.6) is 0 Å². The molecule has 0 saturated carbocycles. The number of amides is 3. The number of hydrogen-bond donors (Lipinski definition) is 1. The van der Waals surface area contributed by atoms with Gasteiger partial charge in [0.15, 0.2) is 5.54 Å². The van der Waals surface area contributed by atoms with Crippen molar-refractivity contribution in [2.75, 3.05) is 0 Å². The van der Waals surface area contributed by atoms with Gasteiger partial charge < -0.3 is 9.73 Å². The van der Waals surface area contributed by atoms with Crippen molar-refractivity contribution in [1.29, 1.82) is 0 Å². The van der Waals surface area contributed by atoms with Gasteiger partial charge in [0.1, 0.15) is 6.26 Å². The third-order valence-corrected chi connectivity index (χ3v) is 5.97. The monoisotopic (exact) mass is 457 g/mol. The minimum atomic E-state index is -1.19. The first-order chi connectivity index (χ1) is 16.0. The van der Waals surface area contributed by atoms with Crippen molar-refractivity contribution < 1.29 is 14.0 Å². The maximum absolute atomic E-state index is 13.7. The predicted octanol–water partition coefficient (Wildman–Crippen LogP) is 5.19. The van der Waals surface area contributed by atoms with Crippen LogP contribution in [0.1, 0.15) is 16.8 Å². The molecule has 3 amide bonds. The van der Waals surface area contributed by atoms with Gasteiger partial charge in [-0.1, -0.05) is 72.3 Å². The van der Waals surface area contributed by atoms with E-state index >= 15 is 0 Å². The second kappa shape index (κ2) is 8.56. The van der Waals surface area contributed by atoms with Crippen LogP contribution in [-0.4, -0.2) is 21.8 Å². The number of carbonyl (C=O) groups is 2. The number of nitrogens with one attached hydrogen (secondary N) is 1. The first-order valence-electron chi connectivity index (χ1n) is 10.5. The highest BCUT2D eigenvalue weighted by Crippen LogP contribution is 2.34. The number of imide groups is 1. The molecule has 164 valence electrons. The van der Waals surface area contributed by atoms with Crippen LogP contribution in [0.2, 0.25) is 5.02 Å². The number of oxazole rings is 1. The first kappa shape index (κ1) is 21.0. The zero-order chi connectivity index (χ0) is 22.8. The fourth-order valence-electron chi connectivity index (χ4n) is 4.08. The fraction of sp³-hybridized carbons (Fsp3) is 0.115. The molecule has 1 aliphatic heterocycles. The third kappa shape index (κ3) is 4.01. The highest BCUT2D eigenvalue weighted by molar-refractivity contribution is 6.30. The molecule has 0 aliphatic carbocycles. The summed E-state index contributed by atoms with van der Waals surface area (Å²) in [4.78, 5) is 32.4. The van der Waals surface area contributed by atoms with Gasteiger partial charge in [-0.15, -0.1) is 0 Å². The SMILES string of the molecule is O=C1NC(Cc2ccccc2)(c2ccccc2)C(=O)N1Cc1coc(-c2ccc(Cl)cc2)n1. The molecule has 1 aliphatic rings. The van der Waals surface area contributed by atoms with E-state index in [4.69, 9.17) is 16.0 Å². The smallest absolute Gasteiger partial charge is 0.325 e. The van der Waals surface area contributed by atoms with E-state index in [1.165, 1.54) is 11.2 Å². The molecule has 1 atom stereocenters. The summed E-state index contributed by atoms with van der Waals surface area (Å²) < 4.78 is 5.58. The van der Waals surface area contributed by atoms with Crippen LogP contribution in [0.3, 0.4) is 0 Å². The van der Waals surface area contributed by atoms with Crippen LogP contribution >= 0.6 is 11.6 Å². The molecule has 2 heterocycles. The van der Waals surface area contributed by atoms with E-state index in [0.717, 1.165) is 16.7 Å². The average molecular weight is 458 g/mol. The van der Waals surface area contributed by atoms with Gasteiger partial charge in [0.2, 0.25) is 5.89 Å². The van der Waals surface area contributed by atoms with E-state index in [9.17, 15) is 9.59 Å². The molecule has 0 bridgehead atoms. The maximum atomic E-state index is 13.7. The third-order valence-electron chi connectivity index (χ3n) is 5.72. The van der Waals surface area contributed by atoms with Crippen LogP contribution in [0.4, 0.5) is 4.79 Å². The van der Waals surface area contributed by atoms with Crippen molar-refractivity contribution in [3.05, 3.63) is 113 Å². The number of halogens is 1. The van der Waals surface area contributed by atoms with Crippen molar-refractivity contribution in [3.63, 3.8) is 0 Å². The standard InChI is InChI=1S/C26H20ClN3O3/c27-21-13-11-19(12-14-21)23-28-22(17-33-23)16-30-24(31)26(29-25(30)32,20-9-5-2-6-10-20)15-18-7-3-1-4-8-18/h1-14,17H,15-16H2,(H,29,32). The maximum Gasteiger partial charge on any atom is 0.325 e. The van der Waals surface area contributed by atoms with Gasteiger partial charge in [-0.25, -0.2) is 9.78 Å². The zero-order valence-corrected chi connectivity index (χ0v) is 18.3. The molecule has 6 nitrogen and oxygen atoms in total. The average Bonchev–Trinajstić information content (AvgIpc) is 3.40. The zero-order valence-electron chi connectivity index (χ0n) is 17.6. The fourth-order valence-corrected chi connectivity index (χ4v) is 4.20. The number of nitrogens with zero attached hydrogens (tertiary/aromatic N) is 2. The normalized spacial score (nSPS) is 17.9. The summed E-state index contributed by atoms with van der Waals surface area (Å²) in [5, 5.41) is 3.57. The summed E-state index contributed by atoms with van der Waals surface area (Å²) in [6, 6.07) is 25.6. The van der Waals surface area contributed by atoms with Gasteiger partial charge >= 0.3 is 6.03 Å². The van der Waals surface area contributed by atoms with Gasteiger partial charge in [-0.3, -0.25) is 9.69 Å². The van der Waals surface area contributed by atoms with E-state index in [2.05, 4.69) is 10.3 Å². The van der Waals surface area contributed by atoms with E-state index in [1.54, 1.807) is 24.3 Å². The minimum absolute atomic E-state index is 0.00509. The van der Waals surface area contributed by atoms with Crippen LogP contribution in [0.15, 0.2) is 95.6 Å². The number of rotatable bonds is 6. The van der Waals surface area contributed by atoms with Crippen LogP contribution < -0.4 is 5.32 Å². The molecule has 3 aromatic carbocycles. The van der Waals surface area contributed by atoms with E-state index in [-0.39, 0.29) is 12.5 Å². The van der Waals surface area contributed by atoms with Gasteiger partial charge in [0, 0.05) is 17.0 Å². The van der Waals surface area contributed by atoms with Crippen molar-refractivity contribution in [2.45, 2.75) is 18.5 Å². The van der Waals surface area contributed by atoms with E-state index < -0.39 is 11.6 Å². The Bertz CT molecular complexity index is 1290. The molecular weight excluding hydrogens is 438 g/mol. The van der Waals surface area contributed by atoms with Crippen molar-refractivity contribution in [1.82, 2.24) is 15.2 Å². The lowest BCUT2D eigenvalue weighted by Gasteiger charge is -2.27. The lowest BCUT2D eigenvalue weighted by atomic mass is 9.83. The Morgan fingerprint density at radius 1 is 0.909 bits per heavy atom. The van der Waals surface area contributed by atoms with Crippen LogP contribution in [0.25, 0.3) is 11.5 Å². The predicted molar refractivity (Wildman–Crippen MR) is 124 cm³/mol. The molecular formula is C26H20ClN3O3. The lowest BCUT2D eigenvalue weighted by Crippen LogP contribution is -2.46. The summed E-state index contributed by atoms with van der Waals surface area (Å²) in [5.41, 5.74) is 1.72. The summed E-state index contributed by atoms with van der Waals surface area (Å²) >= 11 is 5.95. The number of benzene rings is 3. The van der Waals surface area contributed by atoms with E-state index in [1.807, 2.05) is 60.7 Å². The van der Waals surface area contributed by atoms with Crippen molar-refractivity contribution in [2.24, 2.45) is 0 Å². The molecule has 0 spiro atoms. The van der Waals surface area contributed by atoms with Crippen molar-refractivity contribution in [3.8, 4) is 11.5 Å². The molecule has 0 radical (unpaired) electrons. The van der Waals surface area contributed by atoms with Crippen molar-refractivity contribution >= 4 is 23.5 Å². The van der Waals surface area contributed by atoms with Gasteiger partial charge in [-0.2, -0.15) is 0 Å². The molecule has 7 heteroatoms. The molecule has 5 rings (SSSR count). The number of aromatic nitrogens is 1. The van der Waals surface area contributed by atoms with Crippen LogP contribution in [-0.2, 0) is 23.3 Å². The summed E-state index contributed by atoms with van der Waals surface area (Å²) in [6.45, 7) is 0.00509. The summed E-state index contributed by atoms with van der Waals surface area (Å²) in [5.74, 6) is 0.0749. The van der Waals surface area contributed by atoms with Crippen LogP contribution in [0, 0.1) is 0 Å². The minimum Gasteiger partial charge on any atom is -0.444 e. The molecule has 1 N–H and O–H groups in total. The Hall–Kier alpha value is -3.90. The molecule has 1 unspecified atom stereocenters. The van der Waals surface area contributed by atoms with Gasteiger partial charge in [0.25, 0.3) is 5.91 Å². The Morgan fingerprint density at radius 3 is 2.27 bits per heavy atom. The first-order valence-corrected chi connectivity index (χ1v) is 10.9. The van der Waals surface area contributed by atoms with E-state index in [0.29, 0.717) is 23.0 Å². The van der Waals surface area contributed by atoms with Gasteiger partial charge in [0.05, 0.1) is 12.2 Å². The molecule has 33 heavy (non-hydrogen) atoms. The summed E-state index contributed by atoms with van der Waals surface area (Å²) in [6.07, 6.45) is 1.80. The Balaban J connectivity index is 1.44. The summed E-state index contributed by atoms with van der Waals surface area (Å²) in [7, 11) is 0.